The van der Waals surface area contributed by atoms with Crippen LogP contribution in [0.15, 0.2) is 54.2 Å². The van der Waals surface area contributed by atoms with Crippen molar-refractivity contribution >= 4 is 22.9 Å². The van der Waals surface area contributed by atoms with E-state index in [1.54, 1.807) is 0 Å². The van der Waals surface area contributed by atoms with Crippen molar-refractivity contribution in [3.8, 4) is 5.13 Å². The van der Waals surface area contributed by atoms with E-state index in [0.717, 1.165) is 22.1 Å². The van der Waals surface area contributed by atoms with E-state index >= 15 is 0 Å². The van der Waals surface area contributed by atoms with Gasteiger partial charge in [-0.05, 0) is 30.7 Å². The average molecular weight is 297 g/mol. The molecule has 0 aliphatic heterocycles. The molecule has 3 aromatic rings. The van der Waals surface area contributed by atoms with Crippen molar-refractivity contribution in [1.29, 1.82) is 0 Å². The summed E-state index contributed by atoms with van der Waals surface area (Å²) in [4.78, 5) is 16.6. The highest BCUT2D eigenvalue weighted by molar-refractivity contribution is 7.12. The van der Waals surface area contributed by atoms with Crippen LogP contribution < -0.4 is 5.32 Å². The van der Waals surface area contributed by atoms with Gasteiger partial charge in [-0.15, -0.1) is 11.3 Å². The molecule has 0 bridgehead atoms. The first kappa shape index (κ1) is 13.6. The summed E-state index contributed by atoms with van der Waals surface area (Å²) in [5, 5.41) is 5.72. The Kier molecular flexibility index (Phi) is 3.83. The molecule has 0 aliphatic rings. The fourth-order valence-electron chi connectivity index (χ4n) is 2.03. The van der Waals surface area contributed by atoms with Crippen molar-refractivity contribution in [2.45, 2.75) is 13.3 Å². The van der Waals surface area contributed by atoms with Crippen LogP contribution >= 0.6 is 11.3 Å². The first-order chi connectivity index (χ1) is 10.2. The third-order valence-electron chi connectivity index (χ3n) is 3.13. The van der Waals surface area contributed by atoms with Crippen LogP contribution in [0, 0.1) is 6.92 Å². The number of amides is 1. The molecule has 0 saturated heterocycles. The van der Waals surface area contributed by atoms with Gasteiger partial charge < -0.3 is 9.88 Å². The summed E-state index contributed by atoms with van der Waals surface area (Å²) in [5.41, 5.74) is 2.69. The second kappa shape index (κ2) is 5.93. The summed E-state index contributed by atoms with van der Waals surface area (Å²) >= 11 is 1.53. The number of aryl methyl sites for hydroxylation is 1. The van der Waals surface area contributed by atoms with Crippen LogP contribution in [0.4, 0.5) is 5.69 Å². The zero-order valence-corrected chi connectivity index (χ0v) is 12.4. The Hall–Kier alpha value is -2.40. The third kappa shape index (κ3) is 3.20. The van der Waals surface area contributed by atoms with Gasteiger partial charge in [-0.25, -0.2) is 4.98 Å². The van der Waals surface area contributed by atoms with Gasteiger partial charge in [0, 0.05) is 23.5 Å². The van der Waals surface area contributed by atoms with Gasteiger partial charge in [0.2, 0.25) is 5.91 Å². The molecule has 1 amide bonds. The SMILES string of the molecule is Cc1ccccc1NC(=O)Cc1csc(-n2cccc2)n1. The number of para-hydroxylation sites is 1. The number of anilines is 1. The van der Waals surface area contributed by atoms with Crippen LogP contribution in [0.2, 0.25) is 0 Å². The lowest BCUT2D eigenvalue weighted by Gasteiger charge is -2.06. The number of rotatable bonds is 4. The molecule has 106 valence electrons. The molecule has 0 saturated carbocycles. The summed E-state index contributed by atoms with van der Waals surface area (Å²) in [6.07, 6.45) is 4.16. The number of hydrogen-bond acceptors (Lipinski definition) is 3. The number of benzene rings is 1. The molecule has 3 rings (SSSR count). The number of nitrogens with one attached hydrogen (secondary N) is 1. The van der Waals surface area contributed by atoms with Gasteiger partial charge in [0.15, 0.2) is 5.13 Å². The summed E-state index contributed by atoms with van der Waals surface area (Å²) in [6, 6.07) is 11.6. The van der Waals surface area contributed by atoms with Gasteiger partial charge in [0.25, 0.3) is 0 Å². The van der Waals surface area contributed by atoms with E-state index in [4.69, 9.17) is 0 Å². The van der Waals surface area contributed by atoms with E-state index in [9.17, 15) is 4.79 Å². The maximum Gasteiger partial charge on any atom is 0.230 e. The minimum Gasteiger partial charge on any atom is -0.326 e. The van der Waals surface area contributed by atoms with E-state index < -0.39 is 0 Å². The normalized spacial score (nSPS) is 10.5. The molecule has 5 heteroatoms. The van der Waals surface area contributed by atoms with Gasteiger partial charge in [-0.3, -0.25) is 4.79 Å². The number of carbonyl (C=O) groups excluding carboxylic acids is 1. The number of hydrogen-bond donors (Lipinski definition) is 1. The quantitative estimate of drug-likeness (QED) is 0.802. The van der Waals surface area contributed by atoms with Gasteiger partial charge in [-0.2, -0.15) is 0 Å². The molecule has 0 radical (unpaired) electrons. The minimum atomic E-state index is -0.0475. The predicted molar refractivity (Wildman–Crippen MR) is 85.0 cm³/mol. The van der Waals surface area contributed by atoms with E-state index in [1.807, 2.05) is 65.7 Å². The topological polar surface area (TPSA) is 46.9 Å². The Labute approximate surface area is 127 Å². The third-order valence-corrected chi connectivity index (χ3v) is 4.03. The van der Waals surface area contributed by atoms with Crippen molar-refractivity contribution in [2.24, 2.45) is 0 Å². The van der Waals surface area contributed by atoms with Crippen molar-refractivity contribution in [1.82, 2.24) is 9.55 Å². The Bertz CT molecular complexity index is 746. The molecular weight excluding hydrogens is 282 g/mol. The van der Waals surface area contributed by atoms with Crippen LogP contribution in [-0.4, -0.2) is 15.5 Å². The zero-order chi connectivity index (χ0) is 14.7. The number of carbonyl (C=O) groups is 1. The van der Waals surface area contributed by atoms with Gasteiger partial charge in [0.05, 0.1) is 12.1 Å². The smallest absolute Gasteiger partial charge is 0.230 e. The monoisotopic (exact) mass is 297 g/mol. The van der Waals surface area contributed by atoms with Crippen molar-refractivity contribution in [3.05, 3.63) is 65.4 Å². The molecule has 0 aliphatic carbocycles. The average Bonchev–Trinajstić information content (AvgIpc) is 3.12. The zero-order valence-electron chi connectivity index (χ0n) is 11.6. The largest absolute Gasteiger partial charge is 0.326 e. The molecule has 0 spiro atoms. The van der Waals surface area contributed by atoms with Crippen LogP contribution in [0.3, 0.4) is 0 Å². The molecule has 0 unspecified atom stereocenters. The standard InChI is InChI=1S/C16H15N3OS/c1-12-6-2-3-7-14(12)18-15(20)10-13-11-21-16(17-13)19-8-4-5-9-19/h2-9,11H,10H2,1H3,(H,18,20). The maximum atomic E-state index is 12.1. The highest BCUT2D eigenvalue weighted by Gasteiger charge is 2.09. The lowest BCUT2D eigenvalue weighted by molar-refractivity contribution is -0.115. The first-order valence-electron chi connectivity index (χ1n) is 6.65. The highest BCUT2D eigenvalue weighted by Crippen LogP contribution is 2.17. The summed E-state index contributed by atoms with van der Waals surface area (Å²) in [6.45, 7) is 1.97. The molecule has 4 nitrogen and oxygen atoms in total. The van der Waals surface area contributed by atoms with Gasteiger partial charge in [0.1, 0.15) is 0 Å². The number of thiazole rings is 1. The Morgan fingerprint density at radius 3 is 2.76 bits per heavy atom. The van der Waals surface area contributed by atoms with Crippen LogP contribution in [0.5, 0.6) is 0 Å². The van der Waals surface area contributed by atoms with Crippen LogP contribution in [0.25, 0.3) is 5.13 Å². The van der Waals surface area contributed by atoms with Crippen LogP contribution in [-0.2, 0) is 11.2 Å². The van der Waals surface area contributed by atoms with E-state index in [2.05, 4.69) is 10.3 Å². The molecule has 2 heterocycles. The number of aromatic nitrogens is 2. The second-order valence-electron chi connectivity index (χ2n) is 4.75. The van der Waals surface area contributed by atoms with Crippen molar-refractivity contribution in [2.75, 3.05) is 5.32 Å². The second-order valence-corrected chi connectivity index (χ2v) is 5.59. The summed E-state index contributed by atoms with van der Waals surface area (Å²) in [5.74, 6) is -0.0475. The first-order valence-corrected chi connectivity index (χ1v) is 7.53. The fraction of sp³-hybridized carbons (Fsp3) is 0.125. The lowest BCUT2D eigenvalue weighted by atomic mass is 10.2. The molecule has 1 aromatic carbocycles. The molecule has 1 N–H and O–H groups in total. The summed E-state index contributed by atoms with van der Waals surface area (Å²) < 4.78 is 1.94. The molecule has 0 fully saturated rings. The van der Waals surface area contributed by atoms with Crippen molar-refractivity contribution < 1.29 is 4.79 Å². The molecule has 2 aromatic heterocycles. The fourth-order valence-corrected chi connectivity index (χ4v) is 2.82. The predicted octanol–water partition coefficient (Wildman–Crippen LogP) is 3.42. The number of nitrogens with zero attached hydrogens (tertiary/aromatic N) is 2. The van der Waals surface area contributed by atoms with E-state index in [0.29, 0.717) is 0 Å². The Balaban J connectivity index is 1.67. The molecular formula is C16H15N3OS. The Morgan fingerprint density at radius 2 is 2.00 bits per heavy atom. The lowest BCUT2D eigenvalue weighted by Crippen LogP contribution is -2.15. The van der Waals surface area contributed by atoms with Crippen molar-refractivity contribution in [3.63, 3.8) is 0 Å². The minimum absolute atomic E-state index is 0.0475. The van der Waals surface area contributed by atoms with Gasteiger partial charge in [-0.1, -0.05) is 18.2 Å². The molecule has 21 heavy (non-hydrogen) atoms. The highest BCUT2D eigenvalue weighted by atomic mass is 32.1. The maximum absolute atomic E-state index is 12.1. The summed E-state index contributed by atoms with van der Waals surface area (Å²) in [7, 11) is 0. The molecule has 0 atom stereocenters. The van der Waals surface area contributed by atoms with Crippen LogP contribution in [0.1, 0.15) is 11.3 Å². The van der Waals surface area contributed by atoms with Gasteiger partial charge >= 0.3 is 0 Å². The van der Waals surface area contributed by atoms with E-state index in [1.165, 1.54) is 11.3 Å². The Morgan fingerprint density at radius 1 is 1.24 bits per heavy atom. The van der Waals surface area contributed by atoms with E-state index in [-0.39, 0.29) is 12.3 Å².